The highest BCUT2D eigenvalue weighted by Crippen LogP contribution is 2.30. The van der Waals surface area contributed by atoms with Gasteiger partial charge in [0.25, 0.3) is 0 Å². The molecule has 27 heavy (non-hydrogen) atoms. The molecule has 1 atom stereocenters. The monoisotopic (exact) mass is 379 g/mol. The number of hydrogen-bond donors (Lipinski definition) is 2. The van der Waals surface area contributed by atoms with Crippen molar-refractivity contribution in [1.29, 1.82) is 0 Å². The van der Waals surface area contributed by atoms with Crippen molar-refractivity contribution in [1.82, 2.24) is 10.6 Å². The molecule has 0 spiro atoms. The number of nitrogens with zero attached hydrogens (tertiary/aromatic N) is 1. The second-order valence-corrected chi connectivity index (χ2v) is 6.25. The molecule has 2 N–H and O–H groups in total. The normalized spacial score (nSPS) is 12.6. The molecule has 0 fully saturated rings. The molecule has 0 aliphatic heterocycles. The van der Waals surface area contributed by atoms with Crippen molar-refractivity contribution in [2.75, 3.05) is 40.0 Å². The van der Waals surface area contributed by atoms with Crippen molar-refractivity contribution in [3.05, 3.63) is 23.8 Å². The molecule has 0 radical (unpaired) electrons. The van der Waals surface area contributed by atoms with E-state index >= 15 is 0 Å². The zero-order chi connectivity index (χ0) is 19.9. The summed E-state index contributed by atoms with van der Waals surface area (Å²) in [4.78, 5) is 4.68. The molecule has 1 rings (SSSR count). The number of nitrogens with one attached hydrogen (secondary N) is 2. The lowest BCUT2D eigenvalue weighted by molar-refractivity contribution is 0.192. The first-order valence-corrected chi connectivity index (χ1v) is 10.1. The molecule has 0 bridgehead atoms. The van der Waals surface area contributed by atoms with E-state index in [0.717, 1.165) is 62.0 Å². The molecule has 6 nitrogen and oxygen atoms in total. The Hall–Kier alpha value is -1.95. The van der Waals surface area contributed by atoms with Crippen LogP contribution in [0.15, 0.2) is 23.2 Å². The molecule has 1 unspecified atom stereocenters. The number of rotatable bonds is 13. The summed E-state index contributed by atoms with van der Waals surface area (Å²) < 4.78 is 16.5. The van der Waals surface area contributed by atoms with Crippen molar-refractivity contribution in [2.24, 2.45) is 4.99 Å². The van der Waals surface area contributed by atoms with E-state index < -0.39 is 0 Å². The number of hydrogen-bond acceptors (Lipinski definition) is 4. The Kier molecular flexibility index (Phi) is 12.1. The zero-order valence-electron chi connectivity index (χ0n) is 17.6. The first-order valence-electron chi connectivity index (χ1n) is 10.1. The van der Waals surface area contributed by atoms with Crippen LogP contribution in [-0.2, 0) is 4.74 Å². The van der Waals surface area contributed by atoms with E-state index in [1.807, 2.05) is 26.0 Å². The van der Waals surface area contributed by atoms with E-state index in [1.54, 1.807) is 7.11 Å². The topological polar surface area (TPSA) is 64.1 Å². The minimum atomic E-state index is 0.103. The summed E-state index contributed by atoms with van der Waals surface area (Å²) in [5, 5.41) is 6.79. The van der Waals surface area contributed by atoms with Crippen molar-refractivity contribution < 1.29 is 14.2 Å². The second kappa shape index (κ2) is 14.2. The van der Waals surface area contributed by atoms with Gasteiger partial charge in [-0.25, -0.2) is 0 Å². The average molecular weight is 380 g/mol. The second-order valence-electron chi connectivity index (χ2n) is 6.25. The van der Waals surface area contributed by atoms with Crippen molar-refractivity contribution in [3.8, 4) is 11.5 Å². The summed E-state index contributed by atoms with van der Waals surface area (Å²) in [7, 11) is 1.74. The van der Waals surface area contributed by atoms with Gasteiger partial charge in [0, 0.05) is 26.8 Å². The van der Waals surface area contributed by atoms with Gasteiger partial charge in [-0.1, -0.05) is 6.07 Å². The molecular formula is C21H37N3O3. The molecule has 0 aromatic heterocycles. The molecule has 0 saturated carbocycles. The first-order chi connectivity index (χ1) is 13.2. The standard InChI is InChI=1S/C21H37N3O3/c1-6-22-21(23-14-10-9-11-15-25-5)24-17(4)18-12-13-19(26-7-2)20(16-18)27-8-3/h12-13,16-17H,6-11,14-15H2,1-5H3,(H2,22,23,24). The molecule has 0 aliphatic rings. The van der Waals surface area contributed by atoms with Gasteiger partial charge in [-0.2, -0.15) is 0 Å². The predicted octanol–water partition coefficient (Wildman–Crippen LogP) is 3.92. The number of aliphatic imine (C=N–C) groups is 1. The minimum Gasteiger partial charge on any atom is -0.490 e. The Labute approximate surface area is 164 Å². The van der Waals surface area contributed by atoms with Crippen molar-refractivity contribution >= 4 is 5.96 Å². The van der Waals surface area contributed by atoms with Crippen molar-refractivity contribution in [2.45, 2.75) is 53.0 Å². The van der Waals surface area contributed by atoms with Crippen LogP contribution in [0.3, 0.4) is 0 Å². The maximum Gasteiger partial charge on any atom is 0.191 e. The molecule has 6 heteroatoms. The van der Waals surface area contributed by atoms with E-state index in [4.69, 9.17) is 14.2 Å². The van der Waals surface area contributed by atoms with Gasteiger partial charge in [0.1, 0.15) is 0 Å². The summed E-state index contributed by atoms with van der Waals surface area (Å²) in [6.07, 6.45) is 3.27. The van der Waals surface area contributed by atoms with Crippen LogP contribution in [0, 0.1) is 0 Å². The van der Waals surface area contributed by atoms with Gasteiger partial charge < -0.3 is 24.8 Å². The van der Waals surface area contributed by atoms with Gasteiger partial charge in [-0.3, -0.25) is 4.99 Å². The van der Waals surface area contributed by atoms with Crippen LogP contribution in [0.4, 0.5) is 0 Å². The maximum absolute atomic E-state index is 5.74. The van der Waals surface area contributed by atoms with Gasteiger partial charge >= 0.3 is 0 Å². The average Bonchev–Trinajstić information content (AvgIpc) is 2.66. The van der Waals surface area contributed by atoms with Gasteiger partial charge in [-0.15, -0.1) is 0 Å². The van der Waals surface area contributed by atoms with E-state index in [9.17, 15) is 0 Å². The highest BCUT2D eigenvalue weighted by molar-refractivity contribution is 5.80. The Balaban J connectivity index is 2.71. The largest absolute Gasteiger partial charge is 0.490 e. The Morgan fingerprint density at radius 1 is 1.04 bits per heavy atom. The first kappa shape index (κ1) is 23.1. The van der Waals surface area contributed by atoms with E-state index in [2.05, 4.69) is 35.5 Å². The zero-order valence-corrected chi connectivity index (χ0v) is 17.6. The minimum absolute atomic E-state index is 0.103. The summed E-state index contributed by atoms with van der Waals surface area (Å²) in [6.45, 7) is 11.8. The van der Waals surface area contributed by atoms with Crippen LogP contribution in [-0.4, -0.2) is 46.0 Å². The Bertz CT molecular complexity index is 549. The Morgan fingerprint density at radius 3 is 2.44 bits per heavy atom. The number of benzene rings is 1. The maximum atomic E-state index is 5.74. The van der Waals surface area contributed by atoms with E-state index in [1.165, 1.54) is 0 Å². The predicted molar refractivity (Wildman–Crippen MR) is 112 cm³/mol. The number of ether oxygens (including phenoxy) is 3. The molecule has 1 aromatic rings. The van der Waals surface area contributed by atoms with Crippen molar-refractivity contribution in [3.63, 3.8) is 0 Å². The molecule has 0 saturated heterocycles. The van der Waals surface area contributed by atoms with E-state index in [0.29, 0.717) is 13.2 Å². The SMILES string of the molecule is CCNC(=NCCCCCOC)NC(C)c1ccc(OCC)c(OCC)c1. The lowest BCUT2D eigenvalue weighted by Crippen LogP contribution is -2.38. The van der Waals surface area contributed by atoms with Gasteiger partial charge in [-0.05, 0) is 64.7 Å². The molecule has 0 aliphatic carbocycles. The number of guanidine groups is 1. The van der Waals surface area contributed by atoms with Crippen LogP contribution in [0.5, 0.6) is 11.5 Å². The fraction of sp³-hybridized carbons (Fsp3) is 0.667. The highest BCUT2D eigenvalue weighted by atomic mass is 16.5. The van der Waals surface area contributed by atoms with Crippen LogP contribution in [0.2, 0.25) is 0 Å². The van der Waals surface area contributed by atoms with Gasteiger partial charge in [0.05, 0.1) is 19.3 Å². The molecule has 1 aromatic carbocycles. The van der Waals surface area contributed by atoms with Crippen LogP contribution >= 0.6 is 0 Å². The summed E-state index contributed by atoms with van der Waals surface area (Å²) in [5.74, 6) is 2.40. The quantitative estimate of drug-likeness (QED) is 0.309. The van der Waals surface area contributed by atoms with Crippen LogP contribution in [0.25, 0.3) is 0 Å². The Morgan fingerprint density at radius 2 is 1.78 bits per heavy atom. The van der Waals surface area contributed by atoms with Gasteiger partial charge in [0.2, 0.25) is 0 Å². The number of methoxy groups -OCH3 is 1. The molecule has 0 heterocycles. The van der Waals surface area contributed by atoms with Crippen LogP contribution < -0.4 is 20.1 Å². The smallest absolute Gasteiger partial charge is 0.191 e. The number of unbranched alkanes of at least 4 members (excludes halogenated alkanes) is 2. The summed E-state index contributed by atoms with van der Waals surface area (Å²) >= 11 is 0. The fourth-order valence-electron chi connectivity index (χ4n) is 2.67. The third-order valence-electron chi connectivity index (χ3n) is 4.04. The van der Waals surface area contributed by atoms with Gasteiger partial charge in [0.15, 0.2) is 17.5 Å². The highest BCUT2D eigenvalue weighted by Gasteiger charge is 2.12. The molecule has 0 amide bonds. The summed E-state index contributed by atoms with van der Waals surface area (Å²) in [5.41, 5.74) is 1.13. The summed E-state index contributed by atoms with van der Waals surface area (Å²) in [6, 6.07) is 6.19. The lowest BCUT2D eigenvalue weighted by atomic mass is 10.1. The molecule has 154 valence electrons. The fourth-order valence-corrected chi connectivity index (χ4v) is 2.67. The van der Waals surface area contributed by atoms with Crippen LogP contribution in [0.1, 0.15) is 58.6 Å². The molecular weight excluding hydrogens is 342 g/mol. The third-order valence-corrected chi connectivity index (χ3v) is 4.04. The lowest BCUT2D eigenvalue weighted by Gasteiger charge is -2.20. The van der Waals surface area contributed by atoms with E-state index in [-0.39, 0.29) is 6.04 Å². The third kappa shape index (κ3) is 9.00.